The summed E-state index contributed by atoms with van der Waals surface area (Å²) in [5.74, 6) is 0.311. The highest BCUT2D eigenvalue weighted by Crippen LogP contribution is 2.33. The molecule has 2 fully saturated rings. The number of carbonyl (C=O) groups is 2. The van der Waals surface area contributed by atoms with Gasteiger partial charge in [0, 0.05) is 57.0 Å². The Bertz CT molecular complexity index is 1490. The van der Waals surface area contributed by atoms with E-state index in [9.17, 15) is 14.0 Å². The van der Waals surface area contributed by atoms with Crippen LogP contribution < -0.4 is 0 Å². The Hall–Kier alpha value is -3.46. The number of benzene rings is 1. The lowest BCUT2D eigenvalue weighted by Crippen LogP contribution is -2.36. The molecule has 2 amide bonds. The first-order valence-corrected chi connectivity index (χ1v) is 15.5. The topological polar surface area (TPSA) is 70.9 Å². The number of nitrogens with zero attached hydrogens (tertiary/aromatic N) is 5. The van der Waals surface area contributed by atoms with Crippen LogP contribution in [0.25, 0.3) is 16.6 Å². The number of aryl methyl sites for hydroxylation is 1. The summed E-state index contributed by atoms with van der Waals surface area (Å²) >= 11 is 0. The molecule has 2 aliphatic heterocycles. The standard InChI is InChI=1S/C34H46FN5O3/c1-22(2)37(7)32(41)28-15-27(35)8-9-29(28)40-21-26(31-23(3)16-36-17-30(31)40)14-24-10-12-38(18-24)19-25-11-13-39(20-25)33(42)43-34(4,5)6/h8-9,15-17,21-22,24-25H,10-14,18-20H2,1-7H3/t24-,25?/m1/s1. The van der Waals surface area contributed by atoms with Gasteiger partial charge in [-0.25, -0.2) is 9.18 Å². The molecule has 0 aliphatic carbocycles. The molecule has 0 radical (unpaired) electrons. The van der Waals surface area contributed by atoms with Gasteiger partial charge in [0.05, 0.1) is 23.0 Å². The van der Waals surface area contributed by atoms with E-state index in [1.54, 1.807) is 18.0 Å². The zero-order chi connectivity index (χ0) is 31.1. The summed E-state index contributed by atoms with van der Waals surface area (Å²) in [4.78, 5) is 36.4. The number of carbonyl (C=O) groups excluding carboxylic acids is 2. The van der Waals surface area contributed by atoms with Crippen molar-refractivity contribution in [1.82, 2.24) is 24.3 Å². The van der Waals surface area contributed by atoms with Gasteiger partial charge < -0.3 is 24.0 Å². The maximum Gasteiger partial charge on any atom is 0.410 e. The molecule has 1 aromatic carbocycles. The Morgan fingerprint density at radius 1 is 1.12 bits per heavy atom. The number of fused-ring (bicyclic) bond motifs is 1. The van der Waals surface area contributed by atoms with Crippen LogP contribution in [0.15, 0.2) is 36.8 Å². The smallest absolute Gasteiger partial charge is 0.410 e. The zero-order valence-electron chi connectivity index (χ0n) is 26.7. The fourth-order valence-electron chi connectivity index (χ4n) is 6.50. The second-order valence-corrected chi connectivity index (χ2v) is 13.7. The molecule has 8 nitrogen and oxygen atoms in total. The van der Waals surface area contributed by atoms with Crippen molar-refractivity contribution < 1.29 is 18.7 Å². The van der Waals surface area contributed by atoms with Crippen LogP contribution in [0.1, 0.15) is 68.9 Å². The Morgan fingerprint density at radius 3 is 2.58 bits per heavy atom. The number of amides is 2. The number of hydrogen-bond acceptors (Lipinski definition) is 5. The SMILES string of the molecule is Cc1cncc2c1c(C[C@H]1CCN(CC3CCN(C(=O)OC(C)(C)C)C3)C1)cn2-c1ccc(F)cc1C(=O)N(C)C(C)C. The van der Waals surface area contributed by atoms with Crippen LogP contribution in [-0.2, 0) is 11.2 Å². The quantitative estimate of drug-likeness (QED) is 0.333. The van der Waals surface area contributed by atoms with Crippen LogP contribution in [0.5, 0.6) is 0 Å². The predicted molar refractivity (Wildman–Crippen MR) is 167 cm³/mol. The number of rotatable bonds is 7. The van der Waals surface area contributed by atoms with Gasteiger partial charge in [-0.1, -0.05) is 0 Å². The summed E-state index contributed by atoms with van der Waals surface area (Å²) in [5.41, 5.74) is 3.75. The number of halogens is 1. The van der Waals surface area contributed by atoms with E-state index in [1.165, 1.54) is 17.7 Å². The molecule has 0 bridgehead atoms. The van der Waals surface area contributed by atoms with E-state index in [4.69, 9.17) is 4.74 Å². The van der Waals surface area contributed by atoms with E-state index >= 15 is 0 Å². The molecule has 4 heterocycles. The van der Waals surface area contributed by atoms with Crippen LogP contribution in [-0.4, -0.2) is 87.7 Å². The van der Waals surface area contributed by atoms with E-state index in [1.807, 2.05) is 56.5 Å². The molecule has 2 aromatic heterocycles. The van der Waals surface area contributed by atoms with Gasteiger partial charge in [-0.05, 0) is 109 Å². The molecule has 232 valence electrons. The highest BCUT2D eigenvalue weighted by Gasteiger charge is 2.33. The minimum Gasteiger partial charge on any atom is -0.444 e. The van der Waals surface area contributed by atoms with Crippen LogP contribution in [0.4, 0.5) is 9.18 Å². The summed E-state index contributed by atoms with van der Waals surface area (Å²) in [7, 11) is 1.75. The number of hydrogen-bond donors (Lipinski definition) is 0. The van der Waals surface area contributed by atoms with Crippen molar-refractivity contribution in [1.29, 1.82) is 0 Å². The second-order valence-electron chi connectivity index (χ2n) is 13.7. The molecular weight excluding hydrogens is 545 g/mol. The molecule has 9 heteroatoms. The third-order valence-corrected chi connectivity index (χ3v) is 8.86. The number of likely N-dealkylation sites (tertiary alicyclic amines) is 2. The second kappa shape index (κ2) is 12.3. The molecule has 2 saturated heterocycles. The van der Waals surface area contributed by atoms with Gasteiger partial charge in [0.15, 0.2) is 0 Å². The first-order chi connectivity index (χ1) is 20.3. The summed E-state index contributed by atoms with van der Waals surface area (Å²) in [5, 5.41) is 1.15. The van der Waals surface area contributed by atoms with Crippen LogP contribution in [0.2, 0.25) is 0 Å². The molecule has 0 saturated carbocycles. The normalized spacial score (nSPS) is 19.5. The van der Waals surface area contributed by atoms with Crippen molar-refractivity contribution in [2.45, 2.75) is 72.4 Å². The molecule has 1 unspecified atom stereocenters. The van der Waals surface area contributed by atoms with Crippen molar-refractivity contribution in [3.8, 4) is 5.69 Å². The summed E-state index contributed by atoms with van der Waals surface area (Å²) in [6.07, 6.45) is 8.66. The average Bonchev–Trinajstić information content (AvgIpc) is 3.67. The molecule has 0 spiro atoms. The van der Waals surface area contributed by atoms with Crippen molar-refractivity contribution in [2.24, 2.45) is 11.8 Å². The van der Waals surface area contributed by atoms with Gasteiger partial charge >= 0.3 is 6.09 Å². The third-order valence-electron chi connectivity index (χ3n) is 8.86. The first kappa shape index (κ1) is 31.0. The van der Waals surface area contributed by atoms with Gasteiger partial charge in [0.25, 0.3) is 5.91 Å². The maximum absolute atomic E-state index is 14.4. The van der Waals surface area contributed by atoms with E-state index < -0.39 is 11.4 Å². The van der Waals surface area contributed by atoms with E-state index in [0.29, 0.717) is 23.1 Å². The van der Waals surface area contributed by atoms with Crippen molar-refractivity contribution in [3.05, 3.63) is 59.3 Å². The van der Waals surface area contributed by atoms with Crippen LogP contribution >= 0.6 is 0 Å². The average molecular weight is 592 g/mol. The molecule has 43 heavy (non-hydrogen) atoms. The summed E-state index contributed by atoms with van der Waals surface area (Å²) < 4.78 is 22.0. The minimum absolute atomic E-state index is 0.0144. The largest absolute Gasteiger partial charge is 0.444 e. The number of pyridine rings is 1. The van der Waals surface area contributed by atoms with E-state index in [2.05, 4.69) is 23.0 Å². The maximum atomic E-state index is 14.4. The summed E-state index contributed by atoms with van der Waals surface area (Å²) in [6.45, 7) is 16.2. The Labute approximate surface area is 254 Å². The van der Waals surface area contributed by atoms with Gasteiger partial charge in [-0.15, -0.1) is 0 Å². The summed E-state index contributed by atoms with van der Waals surface area (Å²) in [6, 6.07) is 4.44. The molecule has 5 rings (SSSR count). The van der Waals surface area contributed by atoms with Crippen molar-refractivity contribution >= 4 is 22.9 Å². The van der Waals surface area contributed by atoms with Crippen LogP contribution in [0, 0.1) is 24.6 Å². The highest BCUT2D eigenvalue weighted by atomic mass is 19.1. The van der Waals surface area contributed by atoms with E-state index in [-0.39, 0.29) is 18.0 Å². The Balaban J connectivity index is 1.33. The fraction of sp³-hybridized carbons (Fsp3) is 0.559. The molecule has 3 aromatic rings. The van der Waals surface area contributed by atoms with Crippen LogP contribution in [0.3, 0.4) is 0 Å². The fourth-order valence-corrected chi connectivity index (χ4v) is 6.50. The van der Waals surface area contributed by atoms with Crippen molar-refractivity contribution in [3.63, 3.8) is 0 Å². The zero-order valence-corrected chi connectivity index (χ0v) is 26.7. The highest BCUT2D eigenvalue weighted by molar-refractivity contribution is 5.99. The van der Waals surface area contributed by atoms with Gasteiger partial charge in [0.1, 0.15) is 11.4 Å². The molecule has 2 atom stereocenters. The lowest BCUT2D eigenvalue weighted by Gasteiger charge is -2.25. The lowest BCUT2D eigenvalue weighted by atomic mass is 9.97. The minimum atomic E-state index is -0.479. The van der Waals surface area contributed by atoms with E-state index in [0.717, 1.165) is 68.5 Å². The monoisotopic (exact) mass is 591 g/mol. The third kappa shape index (κ3) is 6.87. The molecule has 0 N–H and O–H groups in total. The number of ether oxygens (including phenoxy) is 1. The number of aromatic nitrogens is 2. The predicted octanol–water partition coefficient (Wildman–Crippen LogP) is 6.07. The Kier molecular flexibility index (Phi) is 8.84. The van der Waals surface area contributed by atoms with Crippen molar-refractivity contribution in [2.75, 3.05) is 39.8 Å². The van der Waals surface area contributed by atoms with Gasteiger partial charge in [-0.3, -0.25) is 9.78 Å². The van der Waals surface area contributed by atoms with Gasteiger partial charge in [-0.2, -0.15) is 0 Å². The molecular formula is C34H46FN5O3. The van der Waals surface area contributed by atoms with Gasteiger partial charge in [0.2, 0.25) is 0 Å². The lowest BCUT2D eigenvalue weighted by molar-refractivity contribution is 0.0285. The Morgan fingerprint density at radius 2 is 1.86 bits per heavy atom. The molecule has 2 aliphatic rings. The first-order valence-electron chi connectivity index (χ1n) is 15.5.